The molecule has 0 spiro atoms. The molecule has 19 heavy (non-hydrogen) atoms. The minimum absolute atomic E-state index is 0.0957. The molecule has 1 unspecified atom stereocenters. The summed E-state index contributed by atoms with van der Waals surface area (Å²) in [5.41, 5.74) is 6.98. The second-order valence-corrected chi connectivity index (χ2v) is 5.05. The molecule has 1 atom stereocenters. The molecule has 0 aliphatic carbocycles. The Balaban J connectivity index is 2.09. The van der Waals surface area contributed by atoms with Crippen molar-refractivity contribution in [2.24, 2.45) is 5.73 Å². The van der Waals surface area contributed by atoms with Gasteiger partial charge in [0.15, 0.2) is 11.5 Å². The van der Waals surface area contributed by atoms with Crippen LogP contribution in [-0.4, -0.2) is 19.4 Å². The highest BCUT2D eigenvalue weighted by molar-refractivity contribution is 5.52. The van der Waals surface area contributed by atoms with Gasteiger partial charge in [0.2, 0.25) is 6.79 Å². The van der Waals surface area contributed by atoms with Gasteiger partial charge in [-0.1, -0.05) is 19.8 Å². The van der Waals surface area contributed by atoms with Gasteiger partial charge in [-0.3, -0.25) is 0 Å². The van der Waals surface area contributed by atoms with Crippen molar-refractivity contribution in [1.29, 1.82) is 0 Å². The lowest BCUT2D eigenvalue weighted by molar-refractivity contribution is 0.173. The van der Waals surface area contributed by atoms with E-state index < -0.39 is 0 Å². The third kappa shape index (κ3) is 3.77. The van der Waals surface area contributed by atoms with E-state index in [1.165, 1.54) is 12.8 Å². The molecule has 2 rings (SSSR count). The Morgan fingerprint density at radius 1 is 1.26 bits per heavy atom. The summed E-state index contributed by atoms with van der Waals surface area (Å²) in [6.07, 6.45) is 4.23. The fourth-order valence-corrected chi connectivity index (χ4v) is 2.14. The standard InChI is InChI=1S/C15H23NO3/c1-3-4-5-6-17-13-9-15-14(18-10-19-15)8-12(13)7-11(2)16/h8-9,11H,3-7,10,16H2,1-2H3. The Morgan fingerprint density at radius 2 is 2.00 bits per heavy atom. The molecule has 4 heteroatoms. The number of hydrogen-bond donors (Lipinski definition) is 1. The predicted octanol–water partition coefficient (Wildman–Crippen LogP) is 2.87. The number of nitrogens with two attached hydrogens (primary N) is 1. The van der Waals surface area contributed by atoms with Crippen molar-refractivity contribution in [2.45, 2.75) is 45.6 Å². The maximum Gasteiger partial charge on any atom is 0.231 e. The lowest BCUT2D eigenvalue weighted by Gasteiger charge is -2.14. The third-order valence-electron chi connectivity index (χ3n) is 3.10. The summed E-state index contributed by atoms with van der Waals surface area (Å²) in [4.78, 5) is 0. The Morgan fingerprint density at radius 3 is 2.68 bits per heavy atom. The Hall–Kier alpha value is -1.42. The summed E-state index contributed by atoms with van der Waals surface area (Å²) in [7, 11) is 0. The molecular weight excluding hydrogens is 242 g/mol. The van der Waals surface area contributed by atoms with Gasteiger partial charge in [-0.25, -0.2) is 0 Å². The van der Waals surface area contributed by atoms with Crippen LogP contribution in [0.15, 0.2) is 12.1 Å². The van der Waals surface area contributed by atoms with E-state index in [0.717, 1.165) is 42.3 Å². The van der Waals surface area contributed by atoms with Gasteiger partial charge in [-0.15, -0.1) is 0 Å². The second kappa shape index (κ2) is 6.66. The van der Waals surface area contributed by atoms with Crippen molar-refractivity contribution >= 4 is 0 Å². The fourth-order valence-electron chi connectivity index (χ4n) is 2.14. The van der Waals surface area contributed by atoms with E-state index in [1.807, 2.05) is 19.1 Å². The molecule has 1 aliphatic heterocycles. The van der Waals surface area contributed by atoms with E-state index in [4.69, 9.17) is 19.9 Å². The molecule has 0 fully saturated rings. The molecule has 4 nitrogen and oxygen atoms in total. The molecule has 0 aromatic heterocycles. The zero-order chi connectivity index (χ0) is 13.7. The summed E-state index contributed by atoms with van der Waals surface area (Å²) in [5, 5.41) is 0. The predicted molar refractivity (Wildman–Crippen MR) is 74.9 cm³/mol. The first-order valence-corrected chi connectivity index (χ1v) is 7.01. The highest BCUT2D eigenvalue weighted by atomic mass is 16.7. The Bertz CT molecular complexity index is 418. The largest absolute Gasteiger partial charge is 0.493 e. The highest BCUT2D eigenvalue weighted by Crippen LogP contribution is 2.38. The summed E-state index contributed by atoms with van der Waals surface area (Å²) >= 11 is 0. The first-order chi connectivity index (χ1) is 9.20. The van der Waals surface area contributed by atoms with Crippen LogP contribution < -0.4 is 19.9 Å². The number of rotatable bonds is 7. The maximum absolute atomic E-state index is 5.89. The van der Waals surface area contributed by atoms with Crippen molar-refractivity contribution in [3.63, 3.8) is 0 Å². The van der Waals surface area contributed by atoms with Crippen LogP contribution in [0.25, 0.3) is 0 Å². The smallest absolute Gasteiger partial charge is 0.231 e. The average molecular weight is 265 g/mol. The zero-order valence-electron chi connectivity index (χ0n) is 11.8. The first kappa shape index (κ1) is 14.0. The van der Waals surface area contributed by atoms with E-state index in [1.54, 1.807) is 0 Å². The molecule has 0 radical (unpaired) electrons. The average Bonchev–Trinajstić information content (AvgIpc) is 2.81. The van der Waals surface area contributed by atoms with Crippen molar-refractivity contribution < 1.29 is 14.2 Å². The molecule has 0 saturated heterocycles. The summed E-state index contributed by atoms with van der Waals surface area (Å²) in [6.45, 7) is 5.19. The summed E-state index contributed by atoms with van der Waals surface area (Å²) < 4.78 is 16.7. The number of fused-ring (bicyclic) bond motifs is 1. The van der Waals surface area contributed by atoms with Crippen molar-refractivity contribution in [3.8, 4) is 17.2 Å². The van der Waals surface area contributed by atoms with E-state index in [2.05, 4.69) is 6.92 Å². The molecule has 2 N–H and O–H groups in total. The van der Waals surface area contributed by atoms with Gasteiger partial charge >= 0.3 is 0 Å². The second-order valence-electron chi connectivity index (χ2n) is 5.05. The number of hydrogen-bond acceptors (Lipinski definition) is 4. The molecule has 0 saturated carbocycles. The van der Waals surface area contributed by atoms with Crippen LogP contribution in [0.2, 0.25) is 0 Å². The monoisotopic (exact) mass is 265 g/mol. The van der Waals surface area contributed by atoms with Crippen molar-refractivity contribution in [3.05, 3.63) is 17.7 Å². The van der Waals surface area contributed by atoms with Crippen LogP contribution in [0.3, 0.4) is 0 Å². The lowest BCUT2D eigenvalue weighted by Crippen LogP contribution is -2.18. The number of unbranched alkanes of at least 4 members (excludes halogenated alkanes) is 2. The van der Waals surface area contributed by atoms with Crippen LogP contribution in [0, 0.1) is 0 Å². The molecule has 0 amide bonds. The van der Waals surface area contributed by atoms with Crippen molar-refractivity contribution in [1.82, 2.24) is 0 Å². The van der Waals surface area contributed by atoms with Gasteiger partial charge in [0, 0.05) is 12.1 Å². The normalized spacial score (nSPS) is 14.5. The van der Waals surface area contributed by atoms with Crippen LogP contribution >= 0.6 is 0 Å². The molecule has 106 valence electrons. The molecule has 0 bridgehead atoms. The topological polar surface area (TPSA) is 53.7 Å². The molecule has 1 heterocycles. The van der Waals surface area contributed by atoms with E-state index in [0.29, 0.717) is 0 Å². The molecule has 1 aromatic carbocycles. The zero-order valence-corrected chi connectivity index (χ0v) is 11.8. The third-order valence-corrected chi connectivity index (χ3v) is 3.10. The van der Waals surface area contributed by atoms with Crippen molar-refractivity contribution in [2.75, 3.05) is 13.4 Å². The molecule has 1 aliphatic rings. The molecular formula is C15H23NO3. The van der Waals surface area contributed by atoms with Gasteiger partial charge in [-0.2, -0.15) is 0 Å². The fraction of sp³-hybridized carbons (Fsp3) is 0.600. The lowest BCUT2D eigenvalue weighted by atomic mass is 10.1. The van der Waals surface area contributed by atoms with Crippen LogP contribution in [0.5, 0.6) is 17.2 Å². The number of benzene rings is 1. The van der Waals surface area contributed by atoms with Gasteiger partial charge in [0.25, 0.3) is 0 Å². The van der Waals surface area contributed by atoms with Crippen LogP contribution in [0.1, 0.15) is 38.7 Å². The van der Waals surface area contributed by atoms with E-state index in [-0.39, 0.29) is 12.8 Å². The Labute approximate surface area is 114 Å². The quantitative estimate of drug-likeness (QED) is 0.770. The van der Waals surface area contributed by atoms with Gasteiger partial charge in [-0.05, 0) is 31.4 Å². The minimum atomic E-state index is 0.0957. The molecule has 1 aromatic rings. The van der Waals surface area contributed by atoms with Crippen LogP contribution in [0.4, 0.5) is 0 Å². The van der Waals surface area contributed by atoms with E-state index >= 15 is 0 Å². The van der Waals surface area contributed by atoms with Crippen LogP contribution in [-0.2, 0) is 6.42 Å². The van der Waals surface area contributed by atoms with E-state index in [9.17, 15) is 0 Å². The number of ether oxygens (including phenoxy) is 3. The van der Waals surface area contributed by atoms with Gasteiger partial charge in [0.05, 0.1) is 6.61 Å². The minimum Gasteiger partial charge on any atom is -0.493 e. The van der Waals surface area contributed by atoms with Gasteiger partial charge in [0.1, 0.15) is 5.75 Å². The maximum atomic E-state index is 5.89. The first-order valence-electron chi connectivity index (χ1n) is 7.01. The summed E-state index contributed by atoms with van der Waals surface area (Å²) in [5.74, 6) is 2.42. The SMILES string of the molecule is CCCCCOc1cc2c(cc1CC(C)N)OCO2. The Kier molecular flexibility index (Phi) is 4.91. The van der Waals surface area contributed by atoms with Gasteiger partial charge < -0.3 is 19.9 Å². The highest BCUT2D eigenvalue weighted by Gasteiger charge is 2.18. The summed E-state index contributed by atoms with van der Waals surface area (Å²) in [6, 6.07) is 4.01.